The van der Waals surface area contributed by atoms with E-state index in [1.54, 1.807) is 11.8 Å². The number of carbonyl (C=O) groups is 1. The molecule has 0 radical (unpaired) electrons. The standard InChI is InChI=1S/C13H13F4NOS/c1-7-5-8(6-20-7)18-12(19)13(16,17)11-9(14)3-2-4-10(11)15/h2-4,7-8H,5-6H2,1H3,(H,18,19). The van der Waals surface area contributed by atoms with Gasteiger partial charge < -0.3 is 5.32 Å². The van der Waals surface area contributed by atoms with Crippen molar-refractivity contribution in [2.45, 2.75) is 30.6 Å². The second-order valence-corrected chi connectivity index (χ2v) is 6.19. The molecule has 0 spiro atoms. The molecule has 0 bridgehead atoms. The Labute approximate surface area is 117 Å². The molecule has 2 atom stereocenters. The molecule has 1 aliphatic rings. The molecule has 1 heterocycles. The Morgan fingerprint density at radius 2 is 1.95 bits per heavy atom. The third kappa shape index (κ3) is 2.92. The maximum atomic E-state index is 13.9. The maximum absolute atomic E-state index is 13.9. The van der Waals surface area contributed by atoms with Crippen molar-refractivity contribution in [3.63, 3.8) is 0 Å². The maximum Gasteiger partial charge on any atom is 0.355 e. The van der Waals surface area contributed by atoms with Crippen LogP contribution in [0.5, 0.6) is 0 Å². The van der Waals surface area contributed by atoms with Gasteiger partial charge in [-0.3, -0.25) is 4.79 Å². The molecular weight excluding hydrogens is 294 g/mol. The average molecular weight is 307 g/mol. The summed E-state index contributed by atoms with van der Waals surface area (Å²) in [5.74, 6) is -8.24. The fourth-order valence-corrected chi connectivity index (χ4v) is 3.25. The normalized spacial score (nSPS) is 22.9. The number of nitrogens with one attached hydrogen (secondary N) is 1. The van der Waals surface area contributed by atoms with Crippen LogP contribution in [0.2, 0.25) is 0 Å². The van der Waals surface area contributed by atoms with E-state index in [1.165, 1.54) is 0 Å². The molecule has 2 unspecified atom stereocenters. The van der Waals surface area contributed by atoms with Gasteiger partial charge in [0.1, 0.15) is 17.2 Å². The van der Waals surface area contributed by atoms with Crippen molar-refractivity contribution in [2.24, 2.45) is 0 Å². The molecule has 7 heteroatoms. The van der Waals surface area contributed by atoms with E-state index in [1.807, 2.05) is 6.92 Å². The molecule has 20 heavy (non-hydrogen) atoms. The van der Waals surface area contributed by atoms with E-state index in [2.05, 4.69) is 5.32 Å². The first kappa shape index (κ1) is 15.2. The van der Waals surface area contributed by atoms with Gasteiger partial charge in [-0.05, 0) is 18.6 Å². The summed E-state index contributed by atoms with van der Waals surface area (Å²) in [5, 5.41) is 2.42. The Morgan fingerprint density at radius 3 is 2.45 bits per heavy atom. The first-order valence-corrected chi connectivity index (χ1v) is 7.12. The highest BCUT2D eigenvalue weighted by molar-refractivity contribution is 8.00. The van der Waals surface area contributed by atoms with Crippen LogP contribution in [0.4, 0.5) is 17.6 Å². The fraction of sp³-hybridized carbons (Fsp3) is 0.462. The van der Waals surface area contributed by atoms with E-state index in [-0.39, 0.29) is 5.25 Å². The molecule has 1 saturated heterocycles. The molecular formula is C13H13F4NOS. The van der Waals surface area contributed by atoms with E-state index < -0.39 is 35.1 Å². The van der Waals surface area contributed by atoms with E-state index in [9.17, 15) is 22.4 Å². The fourth-order valence-electron chi connectivity index (χ4n) is 2.11. The van der Waals surface area contributed by atoms with Crippen LogP contribution < -0.4 is 5.32 Å². The van der Waals surface area contributed by atoms with E-state index in [0.29, 0.717) is 24.3 Å². The van der Waals surface area contributed by atoms with Gasteiger partial charge in [-0.1, -0.05) is 13.0 Å². The number of hydrogen-bond donors (Lipinski definition) is 1. The predicted octanol–water partition coefficient (Wildman–Crippen LogP) is 3.07. The van der Waals surface area contributed by atoms with Crippen molar-refractivity contribution in [2.75, 3.05) is 5.75 Å². The average Bonchev–Trinajstić information content (AvgIpc) is 2.74. The van der Waals surface area contributed by atoms with Gasteiger partial charge in [0.15, 0.2) is 0 Å². The second kappa shape index (κ2) is 5.63. The van der Waals surface area contributed by atoms with Crippen molar-refractivity contribution in [1.29, 1.82) is 0 Å². The Morgan fingerprint density at radius 1 is 1.35 bits per heavy atom. The molecule has 1 fully saturated rings. The highest BCUT2D eigenvalue weighted by Crippen LogP contribution is 2.33. The van der Waals surface area contributed by atoms with E-state index in [4.69, 9.17) is 0 Å². The molecule has 0 aliphatic carbocycles. The topological polar surface area (TPSA) is 29.1 Å². The van der Waals surface area contributed by atoms with Crippen LogP contribution in [0, 0.1) is 11.6 Å². The van der Waals surface area contributed by atoms with Crippen molar-refractivity contribution in [3.05, 3.63) is 35.4 Å². The van der Waals surface area contributed by atoms with Gasteiger partial charge in [0, 0.05) is 17.0 Å². The van der Waals surface area contributed by atoms with E-state index in [0.717, 1.165) is 6.07 Å². The number of alkyl halides is 2. The van der Waals surface area contributed by atoms with Gasteiger partial charge >= 0.3 is 5.92 Å². The third-order valence-corrected chi connectivity index (χ3v) is 4.45. The molecule has 0 saturated carbocycles. The summed E-state index contributed by atoms with van der Waals surface area (Å²) in [4.78, 5) is 11.6. The summed E-state index contributed by atoms with van der Waals surface area (Å²) in [6, 6.07) is 1.97. The minimum Gasteiger partial charge on any atom is -0.347 e. The van der Waals surface area contributed by atoms with Gasteiger partial charge in [-0.2, -0.15) is 20.5 Å². The summed E-state index contributed by atoms with van der Waals surface area (Å²) in [6.07, 6.45) is 0.562. The van der Waals surface area contributed by atoms with Gasteiger partial charge in [0.05, 0.1) is 0 Å². The van der Waals surface area contributed by atoms with Crippen LogP contribution in [-0.4, -0.2) is 23.0 Å². The summed E-state index contributed by atoms with van der Waals surface area (Å²) < 4.78 is 54.6. The summed E-state index contributed by atoms with van der Waals surface area (Å²) in [6.45, 7) is 1.92. The monoisotopic (exact) mass is 307 g/mol. The number of amides is 1. The number of hydrogen-bond acceptors (Lipinski definition) is 2. The lowest BCUT2D eigenvalue weighted by molar-refractivity contribution is -0.148. The third-order valence-electron chi connectivity index (χ3n) is 3.10. The van der Waals surface area contributed by atoms with Crippen LogP contribution in [0.15, 0.2) is 18.2 Å². The summed E-state index contributed by atoms with van der Waals surface area (Å²) in [7, 11) is 0. The van der Waals surface area contributed by atoms with Crippen LogP contribution in [-0.2, 0) is 10.7 Å². The van der Waals surface area contributed by atoms with Crippen LogP contribution in [0.25, 0.3) is 0 Å². The number of thioether (sulfide) groups is 1. The number of halogens is 4. The van der Waals surface area contributed by atoms with Crippen molar-refractivity contribution in [1.82, 2.24) is 5.32 Å². The van der Waals surface area contributed by atoms with Crippen LogP contribution in [0.3, 0.4) is 0 Å². The molecule has 2 rings (SSSR count). The molecule has 1 aromatic rings. The summed E-state index contributed by atoms with van der Waals surface area (Å²) in [5.41, 5.74) is -1.50. The van der Waals surface area contributed by atoms with Crippen LogP contribution >= 0.6 is 11.8 Å². The van der Waals surface area contributed by atoms with Crippen molar-refractivity contribution < 1.29 is 22.4 Å². The Kier molecular flexibility index (Phi) is 4.27. The minimum absolute atomic E-state index is 0.263. The molecule has 1 aliphatic heterocycles. The highest BCUT2D eigenvalue weighted by atomic mass is 32.2. The van der Waals surface area contributed by atoms with Crippen molar-refractivity contribution >= 4 is 17.7 Å². The number of benzene rings is 1. The lowest BCUT2D eigenvalue weighted by Gasteiger charge is -2.20. The minimum atomic E-state index is -4.23. The lowest BCUT2D eigenvalue weighted by Crippen LogP contribution is -2.44. The largest absolute Gasteiger partial charge is 0.355 e. The SMILES string of the molecule is CC1CC(NC(=O)C(F)(F)c2c(F)cccc2F)CS1. The molecule has 0 aromatic heterocycles. The van der Waals surface area contributed by atoms with Gasteiger partial charge in [0.25, 0.3) is 5.91 Å². The highest BCUT2D eigenvalue weighted by Gasteiger charge is 2.46. The molecule has 110 valence electrons. The van der Waals surface area contributed by atoms with Crippen LogP contribution in [0.1, 0.15) is 18.9 Å². The molecule has 2 nitrogen and oxygen atoms in total. The lowest BCUT2D eigenvalue weighted by atomic mass is 10.1. The Bertz CT molecular complexity index is 503. The first-order chi connectivity index (χ1) is 9.32. The van der Waals surface area contributed by atoms with Gasteiger partial charge in [-0.15, -0.1) is 0 Å². The first-order valence-electron chi connectivity index (χ1n) is 6.07. The summed E-state index contributed by atoms with van der Waals surface area (Å²) >= 11 is 1.55. The smallest absolute Gasteiger partial charge is 0.347 e. The zero-order valence-corrected chi connectivity index (χ0v) is 11.4. The second-order valence-electron chi connectivity index (χ2n) is 4.72. The quantitative estimate of drug-likeness (QED) is 0.870. The number of rotatable bonds is 3. The van der Waals surface area contributed by atoms with Gasteiger partial charge in [-0.25, -0.2) is 8.78 Å². The molecule has 1 N–H and O–H groups in total. The zero-order valence-electron chi connectivity index (χ0n) is 10.6. The van der Waals surface area contributed by atoms with Crippen molar-refractivity contribution in [3.8, 4) is 0 Å². The zero-order chi connectivity index (χ0) is 14.9. The molecule has 1 aromatic carbocycles. The predicted molar refractivity (Wildman–Crippen MR) is 68.7 cm³/mol. The Balaban J connectivity index is 2.19. The number of carbonyl (C=O) groups excluding carboxylic acids is 1. The van der Waals surface area contributed by atoms with E-state index >= 15 is 0 Å². The van der Waals surface area contributed by atoms with Gasteiger partial charge in [0.2, 0.25) is 0 Å². The Hall–Kier alpha value is -1.24. The molecule has 1 amide bonds.